The molecule has 0 atom stereocenters. The normalized spacial score (nSPS) is 16.8. The van der Waals surface area contributed by atoms with E-state index in [4.69, 9.17) is 4.52 Å². The minimum absolute atomic E-state index is 0.140. The lowest BCUT2D eigenvalue weighted by Gasteiger charge is -2.27. The summed E-state index contributed by atoms with van der Waals surface area (Å²) in [5.74, 6) is 0.140. The maximum absolute atomic E-state index is 12.5. The lowest BCUT2D eigenvalue weighted by Crippen LogP contribution is -2.37. The average Bonchev–Trinajstić information content (AvgIpc) is 2.74. The van der Waals surface area contributed by atoms with E-state index in [9.17, 15) is 4.79 Å². The SMILES string of the molecule is CN(C(=O)Cc1noc2ccccc12)C1CCCCCC1. The average molecular weight is 286 g/mol. The Morgan fingerprint density at radius 3 is 2.71 bits per heavy atom. The van der Waals surface area contributed by atoms with Crippen molar-refractivity contribution < 1.29 is 9.32 Å². The molecule has 2 aromatic rings. The Labute approximate surface area is 125 Å². The summed E-state index contributed by atoms with van der Waals surface area (Å²) in [4.78, 5) is 14.4. The molecule has 0 N–H and O–H groups in total. The zero-order valence-corrected chi connectivity index (χ0v) is 12.5. The molecule has 0 bridgehead atoms. The van der Waals surface area contributed by atoms with Crippen molar-refractivity contribution >= 4 is 16.9 Å². The van der Waals surface area contributed by atoms with Crippen LogP contribution in [-0.4, -0.2) is 29.1 Å². The predicted molar refractivity (Wildman–Crippen MR) is 82.0 cm³/mol. The fourth-order valence-electron chi connectivity index (χ4n) is 3.18. The summed E-state index contributed by atoms with van der Waals surface area (Å²) in [6, 6.07) is 8.09. The number of rotatable bonds is 3. The van der Waals surface area contributed by atoms with Crippen LogP contribution in [0.1, 0.15) is 44.2 Å². The number of hydrogen-bond acceptors (Lipinski definition) is 3. The van der Waals surface area contributed by atoms with Crippen LogP contribution in [0, 0.1) is 0 Å². The first-order valence-corrected chi connectivity index (χ1v) is 7.84. The number of benzene rings is 1. The molecule has 21 heavy (non-hydrogen) atoms. The number of fused-ring (bicyclic) bond motifs is 1. The quantitative estimate of drug-likeness (QED) is 0.811. The van der Waals surface area contributed by atoms with Crippen molar-refractivity contribution in [3.63, 3.8) is 0 Å². The Balaban J connectivity index is 1.70. The van der Waals surface area contributed by atoms with Crippen LogP contribution in [-0.2, 0) is 11.2 Å². The summed E-state index contributed by atoms with van der Waals surface area (Å²) in [7, 11) is 1.93. The molecule has 0 radical (unpaired) electrons. The predicted octanol–water partition coefficient (Wildman–Crippen LogP) is 3.55. The maximum Gasteiger partial charge on any atom is 0.228 e. The zero-order chi connectivity index (χ0) is 14.7. The van der Waals surface area contributed by atoms with Gasteiger partial charge < -0.3 is 9.42 Å². The highest BCUT2D eigenvalue weighted by atomic mass is 16.5. The Morgan fingerprint density at radius 1 is 1.24 bits per heavy atom. The summed E-state index contributed by atoms with van der Waals surface area (Å²) in [5.41, 5.74) is 1.49. The van der Waals surface area contributed by atoms with E-state index in [0.29, 0.717) is 12.5 Å². The Kier molecular flexibility index (Phi) is 4.23. The summed E-state index contributed by atoms with van der Waals surface area (Å²) >= 11 is 0. The van der Waals surface area contributed by atoms with Gasteiger partial charge in [0.25, 0.3) is 0 Å². The molecule has 1 aromatic carbocycles. The molecular weight excluding hydrogens is 264 g/mol. The van der Waals surface area contributed by atoms with E-state index in [0.717, 1.165) is 29.5 Å². The van der Waals surface area contributed by atoms with Crippen LogP contribution < -0.4 is 0 Å². The number of para-hydroxylation sites is 1. The number of amides is 1. The summed E-state index contributed by atoms with van der Waals surface area (Å²) in [5, 5.41) is 5.00. The highest BCUT2D eigenvalue weighted by molar-refractivity contribution is 5.86. The van der Waals surface area contributed by atoms with Crippen molar-refractivity contribution in [2.45, 2.75) is 51.0 Å². The second-order valence-corrected chi connectivity index (χ2v) is 5.95. The third-order valence-corrected chi connectivity index (χ3v) is 4.54. The monoisotopic (exact) mass is 286 g/mol. The highest BCUT2D eigenvalue weighted by Crippen LogP contribution is 2.23. The molecule has 112 valence electrons. The maximum atomic E-state index is 12.5. The van der Waals surface area contributed by atoms with Crippen molar-refractivity contribution in [3.05, 3.63) is 30.0 Å². The number of carbonyl (C=O) groups is 1. The van der Waals surface area contributed by atoms with Gasteiger partial charge in [0, 0.05) is 18.5 Å². The van der Waals surface area contributed by atoms with E-state index in [1.54, 1.807) is 0 Å². The number of aromatic nitrogens is 1. The fraction of sp³-hybridized carbons (Fsp3) is 0.529. The van der Waals surface area contributed by atoms with Gasteiger partial charge in [-0.25, -0.2) is 0 Å². The van der Waals surface area contributed by atoms with Gasteiger partial charge in [0.05, 0.1) is 6.42 Å². The minimum atomic E-state index is 0.140. The molecule has 0 saturated heterocycles. The lowest BCUT2D eigenvalue weighted by molar-refractivity contribution is -0.131. The van der Waals surface area contributed by atoms with Gasteiger partial charge in [0.15, 0.2) is 5.58 Å². The molecule has 4 nitrogen and oxygen atoms in total. The molecule has 1 aromatic heterocycles. The highest BCUT2D eigenvalue weighted by Gasteiger charge is 2.22. The first kappa shape index (κ1) is 14.1. The molecule has 0 spiro atoms. The van der Waals surface area contributed by atoms with Crippen LogP contribution in [0.4, 0.5) is 0 Å². The van der Waals surface area contributed by atoms with Gasteiger partial charge >= 0.3 is 0 Å². The van der Waals surface area contributed by atoms with E-state index < -0.39 is 0 Å². The molecule has 1 amide bonds. The van der Waals surface area contributed by atoms with E-state index >= 15 is 0 Å². The molecule has 0 unspecified atom stereocenters. The summed E-state index contributed by atoms with van der Waals surface area (Å²) in [6.45, 7) is 0. The Morgan fingerprint density at radius 2 is 1.95 bits per heavy atom. The van der Waals surface area contributed by atoms with Crippen molar-refractivity contribution in [1.29, 1.82) is 0 Å². The van der Waals surface area contributed by atoms with Gasteiger partial charge in [-0.2, -0.15) is 0 Å². The second kappa shape index (κ2) is 6.29. The largest absolute Gasteiger partial charge is 0.356 e. The van der Waals surface area contributed by atoms with Crippen LogP contribution in [0.2, 0.25) is 0 Å². The number of hydrogen-bond donors (Lipinski definition) is 0. The molecule has 1 aliphatic carbocycles. The molecule has 1 saturated carbocycles. The molecule has 1 fully saturated rings. The van der Waals surface area contributed by atoms with Crippen LogP contribution >= 0.6 is 0 Å². The number of carbonyl (C=O) groups excluding carboxylic acids is 1. The summed E-state index contributed by atoms with van der Waals surface area (Å²) in [6.07, 6.45) is 7.64. The summed E-state index contributed by atoms with van der Waals surface area (Å²) < 4.78 is 5.27. The van der Waals surface area contributed by atoms with E-state index in [2.05, 4.69) is 5.16 Å². The fourth-order valence-corrected chi connectivity index (χ4v) is 3.18. The smallest absolute Gasteiger partial charge is 0.228 e. The van der Waals surface area contributed by atoms with Gasteiger partial charge in [-0.05, 0) is 25.0 Å². The standard InChI is InChI=1S/C17H22N2O2/c1-19(13-8-4-2-3-5-9-13)17(20)12-15-14-10-6-7-11-16(14)21-18-15/h6-7,10-11,13H,2-5,8-9,12H2,1H3. The number of likely N-dealkylation sites (N-methyl/N-ethyl adjacent to an activating group) is 1. The van der Waals surface area contributed by atoms with Crippen molar-refractivity contribution in [2.24, 2.45) is 0 Å². The Bertz CT molecular complexity index is 612. The Hall–Kier alpha value is -1.84. The third-order valence-electron chi connectivity index (χ3n) is 4.54. The number of nitrogens with zero attached hydrogens (tertiary/aromatic N) is 2. The molecule has 3 rings (SSSR count). The lowest BCUT2D eigenvalue weighted by atomic mass is 10.1. The van der Waals surface area contributed by atoms with Crippen LogP contribution in [0.25, 0.3) is 11.0 Å². The van der Waals surface area contributed by atoms with Gasteiger partial charge in [-0.3, -0.25) is 4.79 Å². The molecular formula is C17H22N2O2. The van der Waals surface area contributed by atoms with Gasteiger partial charge in [-0.1, -0.05) is 43.0 Å². The van der Waals surface area contributed by atoms with Crippen LogP contribution in [0.3, 0.4) is 0 Å². The first-order valence-electron chi connectivity index (χ1n) is 7.84. The van der Waals surface area contributed by atoms with Crippen molar-refractivity contribution in [1.82, 2.24) is 10.1 Å². The second-order valence-electron chi connectivity index (χ2n) is 5.95. The molecule has 1 heterocycles. The minimum Gasteiger partial charge on any atom is -0.356 e. The van der Waals surface area contributed by atoms with Gasteiger partial charge in [-0.15, -0.1) is 0 Å². The van der Waals surface area contributed by atoms with Crippen LogP contribution in [0.5, 0.6) is 0 Å². The molecule has 0 aliphatic heterocycles. The first-order chi connectivity index (χ1) is 10.3. The third kappa shape index (κ3) is 3.09. The zero-order valence-electron chi connectivity index (χ0n) is 12.5. The van der Waals surface area contributed by atoms with E-state index in [1.165, 1.54) is 25.7 Å². The van der Waals surface area contributed by atoms with Gasteiger partial charge in [0.2, 0.25) is 5.91 Å². The van der Waals surface area contributed by atoms with Crippen LogP contribution in [0.15, 0.2) is 28.8 Å². The van der Waals surface area contributed by atoms with Gasteiger partial charge in [0.1, 0.15) is 5.69 Å². The van der Waals surface area contributed by atoms with E-state index in [1.807, 2.05) is 36.2 Å². The van der Waals surface area contributed by atoms with E-state index in [-0.39, 0.29) is 5.91 Å². The molecule has 1 aliphatic rings. The topological polar surface area (TPSA) is 46.3 Å². The van der Waals surface area contributed by atoms with Crippen molar-refractivity contribution in [2.75, 3.05) is 7.05 Å². The van der Waals surface area contributed by atoms with Crippen molar-refractivity contribution in [3.8, 4) is 0 Å². The molecule has 4 heteroatoms.